The number of oxime groups is 1. The van der Waals surface area contributed by atoms with Gasteiger partial charge in [-0.15, -0.1) is 0 Å². The fourth-order valence-corrected chi connectivity index (χ4v) is 3.42. The molecule has 0 unspecified atom stereocenters. The molecule has 0 spiro atoms. The van der Waals surface area contributed by atoms with E-state index in [1.54, 1.807) is 6.21 Å². The predicted molar refractivity (Wildman–Crippen MR) is 84.5 cm³/mol. The highest BCUT2D eigenvalue weighted by molar-refractivity contribution is 9.10. The number of hydrogen-bond acceptors (Lipinski definition) is 3. The molecule has 0 amide bonds. The van der Waals surface area contributed by atoms with Crippen molar-refractivity contribution in [2.45, 2.75) is 11.7 Å². The van der Waals surface area contributed by atoms with Crippen LogP contribution >= 0.6 is 31.9 Å². The Hall–Kier alpha value is -1.17. The summed E-state index contributed by atoms with van der Waals surface area (Å²) in [4.78, 5) is 5.30. The Bertz CT molecular complexity index is 674. The molecular formula is C15H11Br2NO2. The first-order valence-corrected chi connectivity index (χ1v) is 7.65. The zero-order valence-corrected chi connectivity index (χ0v) is 13.5. The van der Waals surface area contributed by atoms with Crippen molar-refractivity contribution in [3.63, 3.8) is 0 Å². The van der Waals surface area contributed by atoms with E-state index in [0.717, 1.165) is 14.5 Å². The summed E-state index contributed by atoms with van der Waals surface area (Å²) in [7, 11) is 0. The number of nitrogens with zero attached hydrogens (tertiary/aromatic N) is 1. The highest BCUT2D eigenvalue weighted by atomic mass is 79.9. The van der Waals surface area contributed by atoms with Crippen molar-refractivity contribution in [3.8, 4) is 0 Å². The Labute approximate surface area is 133 Å². The molecule has 102 valence electrons. The second-order valence-electron chi connectivity index (χ2n) is 4.52. The van der Waals surface area contributed by atoms with Crippen LogP contribution in [0.2, 0.25) is 0 Å². The minimum atomic E-state index is -1.51. The normalized spacial score (nSPS) is 24.6. The molecule has 0 fully saturated rings. The second kappa shape index (κ2) is 5.31. The lowest BCUT2D eigenvalue weighted by Gasteiger charge is -2.28. The largest absolute Gasteiger partial charge is 0.354 e. The molecule has 2 aromatic carbocycles. The van der Waals surface area contributed by atoms with Gasteiger partial charge in [-0.25, -0.2) is 0 Å². The first kappa shape index (κ1) is 13.8. The van der Waals surface area contributed by atoms with Gasteiger partial charge in [-0.3, -0.25) is 0 Å². The van der Waals surface area contributed by atoms with Crippen molar-refractivity contribution in [1.29, 1.82) is 0 Å². The Morgan fingerprint density at radius 3 is 2.35 bits per heavy atom. The number of hydrogen-bond donors (Lipinski definition) is 1. The SMILES string of the molecule is O[C@@]1(c2ccccc2Br)ON=C[C@@H]1c1ccccc1Br. The maximum atomic E-state index is 11.0. The molecule has 5 heteroatoms. The van der Waals surface area contributed by atoms with Crippen LogP contribution in [0.15, 0.2) is 62.6 Å². The van der Waals surface area contributed by atoms with Gasteiger partial charge in [0.25, 0.3) is 5.79 Å². The van der Waals surface area contributed by atoms with Crippen LogP contribution < -0.4 is 0 Å². The Morgan fingerprint density at radius 1 is 1.00 bits per heavy atom. The number of rotatable bonds is 2. The Balaban J connectivity index is 2.10. The number of aliphatic hydroxyl groups is 1. The van der Waals surface area contributed by atoms with Gasteiger partial charge in [-0.05, 0) is 17.7 Å². The molecule has 1 N–H and O–H groups in total. The van der Waals surface area contributed by atoms with Crippen LogP contribution in [0.25, 0.3) is 0 Å². The maximum absolute atomic E-state index is 11.0. The summed E-state index contributed by atoms with van der Waals surface area (Å²) in [5, 5.41) is 14.8. The summed E-state index contributed by atoms with van der Waals surface area (Å²) in [5.74, 6) is -1.89. The van der Waals surface area contributed by atoms with Crippen molar-refractivity contribution >= 4 is 38.1 Å². The van der Waals surface area contributed by atoms with Crippen molar-refractivity contribution in [3.05, 3.63) is 68.6 Å². The molecule has 3 rings (SSSR count). The zero-order chi connectivity index (χ0) is 14.2. The lowest BCUT2D eigenvalue weighted by molar-refractivity contribution is -0.203. The van der Waals surface area contributed by atoms with Crippen molar-refractivity contribution < 1.29 is 9.94 Å². The molecule has 20 heavy (non-hydrogen) atoms. The lowest BCUT2D eigenvalue weighted by Crippen LogP contribution is -2.32. The van der Waals surface area contributed by atoms with Crippen molar-refractivity contribution in [2.75, 3.05) is 0 Å². The van der Waals surface area contributed by atoms with Gasteiger partial charge in [0.15, 0.2) is 0 Å². The summed E-state index contributed by atoms with van der Waals surface area (Å²) in [5.41, 5.74) is 1.57. The maximum Gasteiger partial charge on any atom is 0.273 e. The molecule has 1 aliphatic rings. The summed E-state index contributed by atoms with van der Waals surface area (Å²) < 4.78 is 1.69. The molecule has 2 aromatic rings. The summed E-state index contributed by atoms with van der Waals surface area (Å²) in [6.07, 6.45) is 1.62. The molecule has 1 heterocycles. The standard InChI is InChI=1S/C15H11Br2NO2/c16-13-7-3-1-5-10(13)12-9-18-20-15(12,19)11-6-2-4-8-14(11)17/h1-9,12,19H/t12-,15+/m1/s1. The van der Waals surface area contributed by atoms with Gasteiger partial charge in [-0.1, -0.05) is 73.4 Å². The minimum Gasteiger partial charge on any atom is -0.354 e. The topological polar surface area (TPSA) is 41.8 Å². The minimum absolute atomic E-state index is 0.378. The quantitative estimate of drug-likeness (QED) is 0.828. The van der Waals surface area contributed by atoms with Crippen LogP contribution in [-0.2, 0) is 10.6 Å². The summed E-state index contributed by atoms with van der Waals surface area (Å²) in [6.45, 7) is 0. The third-order valence-electron chi connectivity index (χ3n) is 3.32. The van der Waals surface area contributed by atoms with E-state index in [0.29, 0.717) is 5.56 Å². The first-order chi connectivity index (χ1) is 9.63. The van der Waals surface area contributed by atoms with Gasteiger partial charge in [-0.2, -0.15) is 0 Å². The van der Waals surface area contributed by atoms with Gasteiger partial charge in [0.05, 0.1) is 12.1 Å². The van der Waals surface area contributed by atoms with E-state index in [4.69, 9.17) is 4.84 Å². The number of halogens is 2. The van der Waals surface area contributed by atoms with Gasteiger partial charge in [0, 0.05) is 14.5 Å². The second-order valence-corrected chi connectivity index (χ2v) is 6.23. The van der Waals surface area contributed by atoms with E-state index in [1.165, 1.54) is 0 Å². The average molecular weight is 397 g/mol. The molecule has 0 saturated heterocycles. The highest BCUT2D eigenvalue weighted by Crippen LogP contribution is 2.44. The molecule has 0 bridgehead atoms. The summed E-state index contributed by atoms with van der Waals surface area (Å²) in [6, 6.07) is 15.2. The molecule has 3 nitrogen and oxygen atoms in total. The van der Waals surface area contributed by atoms with Crippen LogP contribution in [0.5, 0.6) is 0 Å². The van der Waals surface area contributed by atoms with Gasteiger partial charge in [0.1, 0.15) is 0 Å². The monoisotopic (exact) mass is 395 g/mol. The number of benzene rings is 2. The molecule has 2 atom stereocenters. The third kappa shape index (κ3) is 2.20. The van der Waals surface area contributed by atoms with E-state index in [9.17, 15) is 5.11 Å². The van der Waals surface area contributed by atoms with Gasteiger partial charge >= 0.3 is 0 Å². The Morgan fingerprint density at radius 2 is 1.65 bits per heavy atom. The van der Waals surface area contributed by atoms with Crippen LogP contribution in [-0.4, -0.2) is 11.3 Å². The molecule has 1 aliphatic heterocycles. The van der Waals surface area contributed by atoms with E-state index in [1.807, 2.05) is 48.5 Å². The molecule has 0 aliphatic carbocycles. The fraction of sp³-hybridized carbons (Fsp3) is 0.133. The molecule has 0 radical (unpaired) electrons. The predicted octanol–water partition coefficient (Wildman–Crippen LogP) is 4.16. The molecule has 0 aromatic heterocycles. The molecule has 0 saturated carbocycles. The van der Waals surface area contributed by atoms with Crippen LogP contribution in [0.1, 0.15) is 17.0 Å². The van der Waals surface area contributed by atoms with Crippen LogP contribution in [0.3, 0.4) is 0 Å². The van der Waals surface area contributed by atoms with Crippen LogP contribution in [0.4, 0.5) is 0 Å². The third-order valence-corrected chi connectivity index (χ3v) is 4.74. The van der Waals surface area contributed by atoms with E-state index >= 15 is 0 Å². The molecular weight excluding hydrogens is 386 g/mol. The van der Waals surface area contributed by atoms with Crippen LogP contribution in [0, 0.1) is 0 Å². The smallest absolute Gasteiger partial charge is 0.273 e. The fourth-order valence-electron chi connectivity index (χ4n) is 2.32. The summed E-state index contributed by atoms with van der Waals surface area (Å²) >= 11 is 6.96. The van der Waals surface area contributed by atoms with Crippen molar-refractivity contribution in [1.82, 2.24) is 0 Å². The zero-order valence-electron chi connectivity index (χ0n) is 10.3. The van der Waals surface area contributed by atoms with E-state index in [-0.39, 0.29) is 5.92 Å². The van der Waals surface area contributed by atoms with E-state index < -0.39 is 5.79 Å². The van der Waals surface area contributed by atoms with Crippen molar-refractivity contribution in [2.24, 2.45) is 5.16 Å². The Kier molecular flexibility index (Phi) is 3.67. The highest BCUT2D eigenvalue weighted by Gasteiger charge is 2.47. The van der Waals surface area contributed by atoms with Gasteiger partial charge in [0.2, 0.25) is 0 Å². The first-order valence-electron chi connectivity index (χ1n) is 6.06. The lowest BCUT2D eigenvalue weighted by atomic mass is 9.87. The average Bonchev–Trinajstić information content (AvgIpc) is 2.83. The van der Waals surface area contributed by atoms with E-state index in [2.05, 4.69) is 37.0 Å². The van der Waals surface area contributed by atoms with Gasteiger partial charge < -0.3 is 9.94 Å².